The number of nitrogens with one attached hydrogen (secondary N) is 2. The van der Waals surface area contributed by atoms with Gasteiger partial charge < -0.3 is 15.4 Å². The monoisotopic (exact) mass is 356 g/mol. The number of amides is 2. The van der Waals surface area contributed by atoms with Crippen molar-refractivity contribution in [1.82, 2.24) is 5.32 Å². The molecule has 2 amide bonds. The van der Waals surface area contributed by atoms with Crippen molar-refractivity contribution in [1.29, 1.82) is 0 Å². The van der Waals surface area contributed by atoms with Gasteiger partial charge in [0.05, 0.1) is 11.4 Å². The lowest BCUT2D eigenvalue weighted by Crippen LogP contribution is -2.27. The van der Waals surface area contributed by atoms with E-state index in [4.69, 9.17) is 4.74 Å². The molecular weight excluding hydrogens is 336 g/mol. The number of anilines is 1. The Labute approximate surface area is 150 Å². The Morgan fingerprint density at radius 1 is 1.16 bits per heavy atom. The van der Waals surface area contributed by atoms with E-state index in [0.717, 1.165) is 41.1 Å². The van der Waals surface area contributed by atoms with Crippen molar-refractivity contribution in [3.8, 4) is 5.75 Å². The Morgan fingerprint density at radius 3 is 2.96 bits per heavy atom. The molecular formula is C19H20N2O3S. The van der Waals surface area contributed by atoms with E-state index in [1.54, 1.807) is 11.3 Å². The number of benzene rings is 1. The van der Waals surface area contributed by atoms with Gasteiger partial charge in [-0.25, -0.2) is 0 Å². The first kappa shape index (κ1) is 16.1. The molecule has 1 aromatic heterocycles. The molecule has 5 nitrogen and oxygen atoms in total. The molecule has 0 atom stereocenters. The maximum absolute atomic E-state index is 12.2. The summed E-state index contributed by atoms with van der Waals surface area (Å²) in [6.45, 7) is 0.886. The maximum atomic E-state index is 12.2. The Kier molecular flexibility index (Phi) is 4.44. The summed E-state index contributed by atoms with van der Waals surface area (Å²) in [4.78, 5) is 25.7. The molecule has 0 radical (unpaired) electrons. The third-order valence-corrected chi connectivity index (χ3v) is 5.83. The highest BCUT2D eigenvalue weighted by atomic mass is 32.1. The molecule has 0 spiro atoms. The van der Waals surface area contributed by atoms with Gasteiger partial charge >= 0.3 is 0 Å². The van der Waals surface area contributed by atoms with Gasteiger partial charge in [0.15, 0.2) is 0 Å². The van der Waals surface area contributed by atoms with Crippen LogP contribution >= 0.6 is 11.3 Å². The van der Waals surface area contributed by atoms with Gasteiger partial charge in [0.2, 0.25) is 5.91 Å². The van der Waals surface area contributed by atoms with Crippen LogP contribution < -0.4 is 15.4 Å². The Morgan fingerprint density at radius 2 is 2.08 bits per heavy atom. The summed E-state index contributed by atoms with van der Waals surface area (Å²) >= 11 is 1.61. The molecule has 1 aromatic carbocycles. The molecule has 2 aromatic rings. The zero-order chi connectivity index (χ0) is 17.2. The predicted molar refractivity (Wildman–Crippen MR) is 97.6 cm³/mol. The normalized spacial score (nSPS) is 15.3. The molecule has 0 unspecified atom stereocenters. The molecule has 1 aliphatic carbocycles. The van der Waals surface area contributed by atoms with Gasteiger partial charge in [-0.05, 0) is 61.1 Å². The van der Waals surface area contributed by atoms with E-state index in [2.05, 4.69) is 10.6 Å². The van der Waals surface area contributed by atoms with Crippen LogP contribution in [0.25, 0.3) is 0 Å². The van der Waals surface area contributed by atoms with Gasteiger partial charge in [-0.15, -0.1) is 11.3 Å². The van der Waals surface area contributed by atoms with Crippen molar-refractivity contribution in [3.63, 3.8) is 0 Å². The van der Waals surface area contributed by atoms with E-state index in [1.165, 1.54) is 16.9 Å². The number of hydrogen-bond donors (Lipinski definition) is 2. The SMILES string of the molecule is O=C1CCc2cc(OCCNC(=O)c3cc4c(s3)CCC4)ccc2N1. The molecule has 2 N–H and O–H groups in total. The van der Waals surface area contributed by atoms with Crippen molar-refractivity contribution in [2.45, 2.75) is 32.1 Å². The first-order chi connectivity index (χ1) is 12.2. The van der Waals surface area contributed by atoms with Gasteiger partial charge in [-0.3, -0.25) is 9.59 Å². The third kappa shape index (κ3) is 3.54. The fourth-order valence-electron chi connectivity index (χ4n) is 3.31. The summed E-state index contributed by atoms with van der Waals surface area (Å²) in [5.41, 5.74) is 3.30. The number of ether oxygens (including phenoxy) is 1. The van der Waals surface area contributed by atoms with E-state index in [-0.39, 0.29) is 11.8 Å². The standard InChI is InChI=1S/C19H20N2O3S/c22-18-7-4-12-10-14(5-6-15(12)21-18)24-9-8-20-19(23)17-11-13-2-1-3-16(13)25-17/h5-6,10-11H,1-4,7-9H2,(H,20,23)(H,21,22). The van der Waals surface area contributed by atoms with Crippen molar-refractivity contribution >= 4 is 28.8 Å². The van der Waals surface area contributed by atoms with E-state index in [9.17, 15) is 9.59 Å². The zero-order valence-electron chi connectivity index (χ0n) is 13.9. The molecule has 0 saturated carbocycles. The van der Waals surface area contributed by atoms with Crippen LogP contribution in [-0.4, -0.2) is 25.0 Å². The minimum absolute atomic E-state index is 0.0175. The molecule has 6 heteroatoms. The van der Waals surface area contributed by atoms with Crippen LogP contribution in [0.3, 0.4) is 0 Å². The first-order valence-electron chi connectivity index (χ1n) is 8.64. The highest BCUT2D eigenvalue weighted by molar-refractivity contribution is 7.14. The van der Waals surface area contributed by atoms with Crippen molar-refractivity contribution in [2.75, 3.05) is 18.5 Å². The number of hydrogen-bond acceptors (Lipinski definition) is 4. The van der Waals surface area contributed by atoms with E-state index in [0.29, 0.717) is 19.6 Å². The molecule has 0 bridgehead atoms. The number of fused-ring (bicyclic) bond motifs is 2. The molecule has 0 fully saturated rings. The van der Waals surface area contributed by atoms with Crippen LogP contribution in [0.1, 0.15) is 38.5 Å². The highest BCUT2D eigenvalue weighted by Crippen LogP contribution is 2.30. The fraction of sp³-hybridized carbons (Fsp3) is 0.368. The molecule has 2 aliphatic rings. The average Bonchev–Trinajstić information content (AvgIpc) is 3.20. The zero-order valence-corrected chi connectivity index (χ0v) is 14.7. The maximum Gasteiger partial charge on any atom is 0.261 e. The Balaban J connectivity index is 1.26. The molecule has 2 heterocycles. The molecule has 25 heavy (non-hydrogen) atoms. The van der Waals surface area contributed by atoms with Crippen LogP contribution in [0, 0.1) is 0 Å². The van der Waals surface area contributed by atoms with Crippen LogP contribution in [0.5, 0.6) is 5.75 Å². The largest absolute Gasteiger partial charge is 0.492 e. The lowest BCUT2D eigenvalue weighted by molar-refractivity contribution is -0.116. The Hall–Kier alpha value is -2.34. The summed E-state index contributed by atoms with van der Waals surface area (Å²) in [6.07, 6.45) is 4.66. The van der Waals surface area contributed by atoms with Crippen LogP contribution in [-0.2, 0) is 24.1 Å². The fourth-order valence-corrected chi connectivity index (χ4v) is 4.48. The minimum atomic E-state index is -0.0175. The Bertz CT molecular complexity index is 807. The molecule has 130 valence electrons. The van der Waals surface area contributed by atoms with E-state index >= 15 is 0 Å². The van der Waals surface area contributed by atoms with Gasteiger partial charge in [0.25, 0.3) is 5.91 Å². The number of thiophene rings is 1. The highest BCUT2D eigenvalue weighted by Gasteiger charge is 2.18. The number of aryl methyl sites for hydroxylation is 3. The lowest BCUT2D eigenvalue weighted by Gasteiger charge is -2.17. The summed E-state index contributed by atoms with van der Waals surface area (Å²) in [5.74, 6) is 0.804. The van der Waals surface area contributed by atoms with Gasteiger partial charge in [-0.1, -0.05) is 0 Å². The second-order valence-corrected chi connectivity index (χ2v) is 7.52. The second-order valence-electron chi connectivity index (χ2n) is 6.38. The number of carbonyl (C=O) groups excluding carboxylic acids is 2. The summed E-state index contributed by atoms with van der Waals surface area (Å²) in [6, 6.07) is 7.70. The van der Waals surface area contributed by atoms with Crippen LogP contribution in [0.2, 0.25) is 0 Å². The quantitative estimate of drug-likeness (QED) is 0.810. The van der Waals surface area contributed by atoms with E-state index in [1.807, 2.05) is 24.3 Å². The second kappa shape index (κ2) is 6.88. The van der Waals surface area contributed by atoms with Gasteiger partial charge in [-0.2, -0.15) is 0 Å². The predicted octanol–water partition coefficient (Wildman–Crippen LogP) is 2.93. The van der Waals surface area contributed by atoms with Crippen molar-refractivity contribution in [2.24, 2.45) is 0 Å². The first-order valence-corrected chi connectivity index (χ1v) is 9.46. The summed E-state index contributed by atoms with van der Waals surface area (Å²) in [7, 11) is 0. The van der Waals surface area contributed by atoms with Crippen molar-refractivity contribution < 1.29 is 14.3 Å². The van der Waals surface area contributed by atoms with Crippen LogP contribution in [0.15, 0.2) is 24.3 Å². The number of rotatable bonds is 5. The minimum Gasteiger partial charge on any atom is -0.492 e. The smallest absolute Gasteiger partial charge is 0.261 e. The van der Waals surface area contributed by atoms with Gasteiger partial charge in [0, 0.05) is 17.0 Å². The van der Waals surface area contributed by atoms with Crippen molar-refractivity contribution in [3.05, 3.63) is 45.1 Å². The lowest BCUT2D eigenvalue weighted by atomic mass is 10.0. The average molecular weight is 356 g/mol. The number of carbonyl (C=O) groups is 2. The molecule has 0 saturated heterocycles. The van der Waals surface area contributed by atoms with Crippen LogP contribution in [0.4, 0.5) is 5.69 Å². The third-order valence-electron chi connectivity index (χ3n) is 4.60. The summed E-state index contributed by atoms with van der Waals surface area (Å²) in [5, 5.41) is 5.77. The topological polar surface area (TPSA) is 67.4 Å². The van der Waals surface area contributed by atoms with Gasteiger partial charge in [0.1, 0.15) is 12.4 Å². The molecule has 4 rings (SSSR count). The molecule has 1 aliphatic heterocycles. The van der Waals surface area contributed by atoms with E-state index < -0.39 is 0 Å². The summed E-state index contributed by atoms with van der Waals surface area (Å²) < 4.78 is 5.72.